The molecule has 0 aromatic heterocycles. The van der Waals surface area contributed by atoms with Gasteiger partial charge in [-0.1, -0.05) is 31.4 Å². The standard InChI is InChI=1S/C16H23NO5/c18-14-9-7-13(8-10-14)12-22-16(21)17-11-5-3-1-2-4-6-15(19)20/h7-10,18H,1-6,11-12H2,(H,17,21)(H,19,20). The highest BCUT2D eigenvalue weighted by Gasteiger charge is 2.02. The third kappa shape index (κ3) is 8.84. The molecule has 0 aliphatic rings. The van der Waals surface area contributed by atoms with Crippen LogP contribution < -0.4 is 5.32 Å². The SMILES string of the molecule is O=C(O)CCCCCCCNC(=O)OCc1ccc(O)cc1. The first-order valence-corrected chi connectivity index (χ1v) is 7.48. The second-order valence-electron chi connectivity index (χ2n) is 5.08. The fourth-order valence-corrected chi connectivity index (χ4v) is 1.91. The van der Waals surface area contributed by atoms with E-state index in [1.165, 1.54) is 0 Å². The lowest BCUT2D eigenvalue weighted by Crippen LogP contribution is -2.25. The largest absolute Gasteiger partial charge is 0.508 e. The van der Waals surface area contributed by atoms with Gasteiger partial charge in [0.15, 0.2) is 0 Å². The number of rotatable bonds is 10. The zero-order valence-electron chi connectivity index (χ0n) is 12.6. The summed E-state index contributed by atoms with van der Waals surface area (Å²) in [5, 5.41) is 20.3. The number of carbonyl (C=O) groups excluding carboxylic acids is 1. The molecule has 0 atom stereocenters. The van der Waals surface area contributed by atoms with Gasteiger partial charge in [-0.3, -0.25) is 4.79 Å². The number of hydrogen-bond acceptors (Lipinski definition) is 4. The molecule has 1 amide bonds. The van der Waals surface area contributed by atoms with Crippen molar-refractivity contribution in [2.24, 2.45) is 0 Å². The molecule has 0 radical (unpaired) electrons. The van der Waals surface area contributed by atoms with Crippen LogP contribution in [0.1, 0.15) is 44.1 Å². The molecular formula is C16H23NO5. The highest BCUT2D eigenvalue weighted by Crippen LogP contribution is 2.10. The molecule has 6 heteroatoms. The van der Waals surface area contributed by atoms with E-state index in [1.54, 1.807) is 24.3 Å². The first-order valence-electron chi connectivity index (χ1n) is 7.48. The minimum atomic E-state index is -0.752. The highest BCUT2D eigenvalue weighted by atomic mass is 16.5. The number of amides is 1. The quantitative estimate of drug-likeness (QED) is 0.577. The number of carboxylic acid groups (broad SMARTS) is 1. The van der Waals surface area contributed by atoms with Crippen molar-refractivity contribution in [3.63, 3.8) is 0 Å². The minimum absolute atomic E-state index is 0.168. The van der Waals surface area contributed by atoms with Crippen LogP contribution >= 0.6 is 0 Å². The highest BCUT2D eigenvalue weighted by molar-refractivity contribution is 5.67. The Hall–Kier alpha value is -2.24. The van der Waals surface area contributed by atoms with Gasteiger partial charge in [-0.2, -0.15) is 0 Å². The number of alkyl carbamates (subject to hydrolysis) is 1. The smallest absolute Gasteiger partial charge is 0.407 e. The van der Waals surface area contributed by atoms with Gasteiger partial charge in [0.2, 0.25) is 0 Å². The molecule has 1 aromatic carbocycles. The molecule has 22 heavy (non-hydrogen) atoms. The van der Waals surface area contributed by atoms with E-state index in [9.17, 15) is 9.59 Å². The van der Waals surface area contributed by atoms with Crippen LogP contribution in [0.5, 0.6) is 5.75 Å². The van der Waals surface area contributed by atoms with Crippen molar-refractivity contribution >= 4 is 12.1 Å². The predicted molar refractivity (Wildman–Crippen MR) is 81.6 cm³/mol. The van der Waals surface area contributed by atoms with E-state index in [-0.39, 0.29) is 18.8 Å². The summed E-state index contributed by atoms with van der Waals surface area (Å²) in [7, 11) is 0. The van der Waals surface area contributed by atoms with Gasteiger partial charge in [0.25, 0.3) is 0 Å². The van der Waals surface area contributed by atoms with Crippen LogP contribution in [0.4, 0.5) is 4.79 Å². The van der Waals surface area contributed by atoms with E-state index in [0.717, 1.165) is 31.2 Å². The second-order valence-corrected chi connectivity index (χ2v) is 5.08. The van der Waals surface area contributed by atoms with Crippen LogP contribution in [-0.2, 0) is 16.1 Å². The van der Waals surface area contributed by atoms with Crippen molar-refractivity contribution in [2.75, 3.05) is 6.54 Å². The Kier molecular flexibility index (Phi) is 8.49. The van der Waals surface area contributed by atoms with Crippen molar-refractivity contribution in [3.05, 3.63) is 29.8 Å². The van der Waals surface area contributed by atoms with Crippen LogP contribution in [0, 0.1) is 0 Å². The first kappa shape index (κ1) is 17.8. The molecule has 1 rings (SSSR count). The number of carbonyl (C=O) groups is 2. The van der Waals surface area contributed by atoms with Gasteiger partial charge < -0.3 is 20.3 Å². The van der Waals surface area contributed by atoms with E-state index in [2.05, 4.69) is 5.32 Å². The number of aliphatic carboxylic acids is 1. The average Bonchev–Trinajstić information content (AvgIpc) is 2.49. The van der Waals surface area contributed by atoms with Gasteiger partial charge in [0.1, 0.15) is 12.4 Å². The third-order valence-electron chi connectivity index (χ3n) is 3.14. The summed E-state index contributed by atoms with van der Waals surface area (Å²) in [6.45, 7) is 0.717. The lowest BCUT2D eigenvalue weighted by atomic mass is 10.1. The maximum atomic E-state index is 11.4. The lowest BCUT2D eigenvalue weighted by Gasteiger charge is -2.07. The lowest BCUT2D eigenvalue weighted by molar-refractivity contribution is -0.137. The summed E-state index contributed by atoms with van der Waals surface area (Å²) < 4.78 is 5.04. The molecule has 0 fully saturated rings. The summed E-state index contributed by atoms with van der Waals surface area (Å²) in [4.78, 5) is 21.8. The predicted octanol–water partition coefficient (Wildman–Crippen LogP) is 3.04. The molecular weight excluding hydrogens is 286 g/mol. The van der Waals surface area contributed by atoms with E-state index in [1.807, 2.05) is 0 Å². The fourth-order valence-electron chi connectivity index (χ4n) is 1.91. The fraction of sp³-hybridized carbons (Fsp3) is 0.500. The summed E-state index contributed by atoms with van der Waals surface area (Å²) in [6.07, 6.45) is 4.15. The van der Waals surface area contributed by atoms with Gasteiger partial charge in [-0.15, -0.1) is 0 Å². The van der Waals surface area contributed by atoms with Crippen LogP contribution in [0.2, 0.25) is 0 Å². The molecule has 6 nitrogen and oxygen atoms in total. The second kappa shape index (κ2) is 10.5. The summed E-state index contributed by atoms with van der Waals surface area (Å²) >= 11 is 0. The molecule has 0 bridgehead atoms. The van der Waals surface area contributed by atoms with Crippen molar-refractivity contribution in [1.29, 1.82) is 0 Å². The maximum Gasteiger partial charge on any atom is 0.407 e. The monoisotopic (exact) mass is 309 g/mol. The van der Waals surface area contributed by atoms with Gasteiger partial charge in [0.05, 0.1) is 0 Å². The number of phenolic OH excluding ortho intramolecular Hbond substituents is 1. The Balaban J connectivity index is 1.97. The van der Waals surface area contributed by atoms with Gasteiger partial charge in [-0.25, -0.2) is 4.79 Å². The van der Waals surface area contributed by atoms with Crippen molar-refractivity contribution < 1.29 is 24.5 Å². The van der Waals surface area contributed by atoms with Crippen LogP contribution in [0.3, 0.4) is 0 Å². The minimum Gasteiger partial charge on any atom is -0.508 e. The van der Waals surface area contributed by atoms with Gasteiger partial charge >= 0.3 is 12.1 Å². The number of carboxylic acids is 1. The van der Waals surface area contributed by atoms with Crippen molar-refractivity contribution in [2.45, 2.75) is 45.1 Å². The molecule has 0 unspecified atom stereocenters. The number of ether oxygens (including phenoxy) is 1. The zero-order chi connectivity index (χ0) is 16.2. The molecule has 0 heterocycles. The van der Waals surface area contributed by atoms with Crippen LogP contribution in [-0.4, -0.2) is 28.8 Å². The number of aromatic hydroxyl groups is 1. The molecule has 0 spiro atoms. The summed E-state index contributed by atoms with van der Waals surface area (Å²) in [5.41, 5.74) is 0.811. The number of phenols is 1. The molecule has 0 saturated heterocycles. The van der Waals surface area contributed by atoms with E-state index in [4.69, 9.17) is 14.9 Å². The van der Waals surface area contributed by atoms with Gasteiger partial charge in [-0.05, 0) is 30.5 Å². The first-order chi connectivity index (χ1) is 10.6. The van der Waals surface area contributed by atoms with Crippen LogP contribution in [0.25, 0.3) is 0 Å². The maximum absolute atomic E-state index is 11.4. The third-order valence-corrected chi connectivity index (χ3v) is 3.14. The number of hydrogen-bond donors (Lipinski definition) is 3. The molecule has 0 aliphatic carbocycles. The molecule has 0 saturated carbocycles. The van der Waals surface area contributed by atoms with E-state index in [0.29, 0.717) is 13.0 Å². The Morgan fingerprint density at radius 3 is 2.32 bits per heavy atom. The summed E-state index contributed by atoms with van der Waals surface area (Å²) in [6, 6.07) is 6.47. The number of nitrogens with one attached hydrogen (secondary N) is 1. The summed E-state index contributed by atoms with van der Waals surface area (Å²) in [5.74, 6) is -0.574. The normalized spacial score (nSPS) is 10.2. The van der Waals surface area contributed by atoms with E-state index >= 15 is 0 Å². The molecule has 122 valence electrons. The molecule has 0 aliphatic heterocycles. The Morgan fingerprint density at radius 2 is 1.64 bits per heavy atom. The zero-order valence-corrected chi connectivity index (χ0v) is 12.6. The topological polar surface area (TPSA) is 95.9 Å². The number of unbranched alkanes of at least 4 members (excludes halogenated alkanes) is 4. The van der Waals surface area contributed by atoms with Crippen molar-refractivity contribution in [3.8, 4) is 5.75 Å². The van der Waals surface area contributed by atoms with Crippen molar-refractivity contribution in [1.82, 2.24) is 5.32 Å². The van der Waals surface area contributed by atoms with Crippen LogP contribution in [0.15, 0.2) is 24.3 Å². The Labute approximate surface area is 130 Å². The Morgan fingerprint density at radius 1 is 1.00 bits per heavy atom. The average molecular weight is 309 g/mol. The number of benzene rings is 1. The molecule has 3 N–H and O–H groups in total. The molecule has 1 aromatic rings. The van der Waals surface area contributed by atoms with Gasteiger partial charge in [0, 0.05) is 13.0 Å². The Bertz CT molecular complexity index is 458. The van der Waals surface area contributed by atoms with E-state index < -0.39 is 12.1 Å².